The van der Waals surface area contributed by atoms with Gasteiger partial charge in [-0.25, -0.2) is 4.98 Å². The Balaban J connectivity index is 1.59. The van der Waals surface area contributed by atoms with Gasteiger partial charge in [0.15, 0.2) is 16.8 Å². The van der Waals surface area contributed by atoms with Crippen LogP contribution in [-0.4, -0.2) is 35.6 Å². The van der Waals surface area contributed by atoms with Crippen molar-refractivity contribution in [2.75, 3.05) is 5.75 Å². The summed E-state index contributed by atoms with van der Waals surface area (Å²) in [6.07, 6.45) is 0. The van der Waals surface area contributed by atoms with Crippen LogP contribution in [0.1, 0.15) is 12.7 Å². The van der Waals surface area contributed by atoms with Crippen LogP contribution in [0.3, 0.4) is 0 Å². The van der Waals surface area contributed by atoms with E-state index < -0.39 is 0 Å². The molecule has 0 fully saturated rings. The average Bonchev–Trinajstić information content (AvgIpc) is 3.37. The van der Waals surface area contributed by atoms with E-state index in [9.17, 15) is 10.4 Å². The summed E-state index contributed by atoms with van der Waals surface area (Å²) in [7, 11) is 0. The van der Waals surface area contributed by atoms with Gasteiger partial charge in [0.05, 0.1) is 16.8 Å². The first-order valence-corrected chi connectivity index (χ1v) is 10.6. The summed E-state index contributed by atoms with van der Waals surface area (Å²) in [6.45, 7) is 2.66. The van der Waals surface area contributed by atoms with Crippen LogP contribution in [0.15, 0.2) is 59.4 Å². The summed E-state index contributed by atoms with van der Waals surface area (Å²) in [5.74, 6) is 1.16. The van der Waals surface area contributed by atoms with E-state index in [1.54, 1.807) is 12.1 Å². The van der Waals surface area contributed by atoms with E-state index in [-0.39, 0.29) is 17.1 Å². The molecule has 2 heterocycles. The molecule has 0 bridgehead atoms. The van der Waals surface area contributed by atoms with Crippen molar-refractivity contribution in [3.63, 3.8) is 0 Å². The van der Waals surface area contributed by atoms with Crippen molar-refractivity contribution in [1.82, 2.24) is 24.7 Å². The summed E-state index contributed by atoms with van der Waals surface area (Å²) in [4.78, 5) is 7.47. The molecule has 2 N–H and O–H groups in total. The lowest BCUT2D eigenvalue weighted by Gasteiger charge is -2.07. The maximum Gasteiger partial charge on any atom is 0.191 e. The number of benzene rings is 2. The molecular formula is C21H17ClN6OS. The van der Waals surface area contributed by atoms with Crippen LogP contribution >= 0.6 is 23.4 Å². The Hall–Kier alpha value is -3.28. The number of fused-ring (bicyclic) bond motifs is 1. The first-order valence-electron chi connectivity index (χ1n) is 9.20. The number of nitriles is 1. The molecule has 2 aromatic carbocycles. The zero-order valence-electron chi connectivity index (χ0n) is 16.0. The van der Waals surface area contributed by atoms with Gasteiger partial charge in [0.25, 0.3) is 0 Å². The van der Waals surface area contributed by atoms with Crippen molar-refractivity contribution >= 4 is 40.0 Å². The minimum Gasteiger partial charge on any atom is -0.510 e. The quantitative estimate of drug-likeness (QED) is 0.248. The molecule has 30 heavy (non-hydrogen) atoms. The van der Waals surface area contributed by atoms with E-state index in [1.807, 2.05) is 54.0 Å². The summed E-state index contributed by atoms with van der Waals surface area (Å²) >= 11 is 7.27. The second-order valence-corrected chi connectivity index (χ2v) is 7.76. The Labute approximate surface area is 182 Å². The number of allylic oxidation sites excluding steroid dienone is 1. The molecule has 4 aromatic rings. The number of aromatic amines is 1. The van der Waals surface area contributed by atoms with E-state index in [1.165, 1.54) is 11.8 Å². The molecule has 0 aliphatic heterocycles. The van der Waals surface area contributed by atoms with Crippen molar-refractivity contribution in [1.29, 1.82) is 5.26 Å². The van der Waals surface area contributed by atoms with Crippen LogP contribution in [0.4, 0.5) is 0 Å². The normalized spacial score (nSPS) is 12.0. The monoisotopic (exact) mass is 436 g/mol. The van der Waals surface area contributed by atoms with Crippen molar-refractivity contribution in [3.05, 3.63) is 65.1 Å². The number of H-pyrrole nitrogens is 1. The summed E-state index contributed by atoms with van der Waals surface area (Å²) in [6, 6.07) is 16.9. The van der Waals surface area contributed by atoms with Crippen LogP contribution in [0.2, 0.25) is 5.02 Å². The van der Waals surface area contributed by atoms with E-state index in [4.69, 9.17) is 11.6 Å². The number of thioether (sulfide) groups is 1. The van der Waals surface area contributed by atoms with E-state index in [0.717, 1.165) is 22.4 Å². The zero-order valence-corrected chi connectivity index (χ0v) is 17.6. The van der Waals surface area contributed by atoms with E-state index in [2.05, 4.69) is 20.2 Å². The highest BCUT2D eigenvalue weighted by Crippen LogP contribution is 2.27. The second kappa shape index (κ2) is 8.61. The maximum absolute atomic E-state index is 10.6. The number of hydrogen-bond donors (Lipinski definition) is 2. The van der Waals surface area contributed by atoms with Crippen molar-refractivity contribution in [2.45, 2.75) is 18.6 Å². The van der Waals surface area contributed by atoms with Gasteiger partial charge >= 0.3 is 0 Å². The highest BCUT2D eigenvalue weighted by atomic mass is 35.5. The number of nitrogens with one attached hydrogen (secondary N) is 1. The minimum atomic E-state index is -0.0692. The van der Waals surface area contributed by atoms with Gasteiger partial charge in [0.1, 0.15) is 17.4 Å². The lowest BCUT2D eigenvalue weighted by Crippen LogP contribution is -2.01. The molecule has 7 nitrogen and oxygen atoms in total. The first-order chi connectivity index (χ1) is 14.6. The maximum atomic E-state index is 10.6. The third-order valence-corrected chi connectivity index (χ3v) is 5.73. The highest BCUT2D eigenvalue weighted by Gasteiger charge is 2.17. The average molecular weight is 437 g/mol. The predicted octanol–water partition coefficient (Wildman–Crippen LogP) is 5.08. The number of imidazole rings is 1. The number of nitrogens with zero attached hydrogens (tertiary/aromatic N) is 5. The van der Waals surface area contributed by atoms with Crippen LogP contribution in [0.5, 0.6) is 0 Å². The Morgan fingerprint density at radius 3 is 2.67 bits per heavy atom. The Kier molecular flexibility index (Phi) is 5.74. The van der Waals surface area contributed by atoms with Gasteiger partial charge in [-0.3, -0.25) is 0 Å². The molecule has 0 aliphatic carbocycles. The van der Waals surface area contributed by atoms with Crippen molar-refractivity contribution < 1.29 is 5.11 Å². The molecule has 9 heteroatoms. The molecular weight excluding hydrogens is 420 g/mol. The molecule has 2 aromatic heterocycles. The topological polar surface area (TPSA) is 103 Å². The van der Waals surface area contributed by atoms with Crippen LogP contribution in [-0.2, 0) is 6.54 Å². The summed E-state index contributed by atoms with van der Waals surface area (Å²) in [5, 5.41) is 30.0. The van der Waals surface area contributed by atoms with Crippen LogP contribution in [0, 0.1) is 11.3 Å². The Bertz CT molecular complexity index is 1240. The summed E-state index contributed by atoms with van der Waals surface area (Å²) in [5.41, 5.74) is 2.55. The van der Waals surface area contributed by atoms with Crippen LogP contribution < -0.4 is 0 Å². The van der Waals surface area contributed by atoms with Crippen LogP contribution in [0.25, 0.3) is 28.0 Å². The lowest BCUT2D eigenvalue weighted by molar-refractivity contribution is 0.420. The van der Waals surface area contributed by atoms with Gasteiger partial charge in [-0.2, -0.15) is 5.26 Å². The van der Waals surface area contributed by atoms with E-state index >= 15 is 0 Å². The summed E-state index contributed by atoms with van der Waals surface area (Å²) < 4.78 is 1.95. The number of rotatable bonds is 6. The third-order valence-electron chi connectivity index (χ3n) is 4.50. The first kappa shape index (κ1) is 20.0. The number of hydrogen-bond acceptors (Lipinski definition) is 6. The number of para-hydroxylation sites is 2. The third kappa shape index (κ3) is 3.90. The molecule has 0 atom stereocenters. The van der Waals surface area contributed by atoms with E-state index in [0.29, 0.717) is 22.5 Å². The van der Waals surface area contributed by atoms with Gasteiger partial charge < -0.3 is 14.7 Å². The predicted molar refractivity (Wildman–Crippen MR) is 118 cm³/mol. The molecule has 0 saturated carbocycles. The molecule has 0 saturated heterocycles. The minimum absolute atomic E-state index is 0.0692. The standard InChI is InChI=1S/C21H17ClN6OS/c1-2-28-20(13-7-9-14(22)10-8-13)26-27-21(28)30-12-18(29)15(11-23)19-24-16-5-3-4-6-17(16)25-19/h3-10,29H,2,12H2,1H3,(H,24,25)/b18-15-. The molecule has 0 aliphatic rings. The van der Waals surface area contributed by atoms with Gasteiger partial charge in [-0.1, -0.05) is 35.5 Å². The largest absolute Gasteiger partial charge is 0.510 e. The molecule has 0 radical (unpaired) electrons. The fourth-order valence-corrected chi connectivity index (χ4v) is 4.03. The Morgan fingerprint density at radius 2 is 1.97 bits per heavy atom. The highest BCUT2D eigenvalue weighted by molar-refractivity contribution is 7.99. The number of halogens is 1. The second-order valence-electron chi connectivity index (χ2n) is 6.38. The zero-order chi connectivity index (χ0) is 21.1. The fraction of sp³-hybridized carbons (Fsp3) is 0.143. The molecule has 0 amide bonds. The SMILES string of the molecule is CCn1c(SC/C(O)=C(\C#N)c2nc3ccccc3[nH]2)nnc1-c1ccc(Cl)cc1. The molecule has 150 valence electrons. The molecule has 4 rings (SSSR count). The smallest absolute Gasteiger partial charge is 0.191 e. The fourth-order valence-electron chi connectivity index (χ4n) is 3.02. The van der Waals surface area contributed by atoms with Crippen molar-refractivity contribution in [3.8, 4) is 17.5 Å². The lowest BCUT2D eigenvalue weighted by atomic mass is 10.2. The van der Waals surface area contributed by atoms with Gasteiger partial charge in [0, 0.05) is 17.1 Å². The number of aliphatic hydroxyl groups is 1. The molecule has 0 unspecified atom stereocenters. The van der Waals surface area contributed by atoms with Gasteiger partial charge in [-0.05, 0) is 43.3 Å². The van der Waals surface area contributed by atoms with Crippen molar-refractivity contribution in [2.24, 2.45) is 0 Å². The van der Waals surface area contributed by atoms with Gasteiger partial charge in [0.2, 0.25) is 0 Å². The molecule has 0 spiro atoms. The Morgan fingerprint density at radius 1 is 1.20 bits per heavy atom. The van der Waals surface area contributed by atoms with Gasteiger partial charge in [-0.15, -0.1) is 10.2 Å². The number of aromatic nitrogens is 5. The number of aliphatic hydroxyl groups excluding tert-OH is 1.